The van der Waals surface area contributed by atoms with E-state index < -0.39 is 0 Å². The second-order valence-corrected chi connectivity index (χ2v) is 5.69. The van der Waals surface area contributed by atoms with Crippen LogP contribution in [0.2, 0.25) is 0 Å². The van der Waals surface area contributed by atoms with E-state index in [4.69, 9.17) is 9.84 Å². The van der Waals surface area contributed by atoms with Gasteiger partial charge in [0.15, 0.2) is 0 Å². The molecule has 1 N–H and O–H groups in total. The molecule has 1 aliphatic carbocycles. The average molecular weight is 290 g/mol. The molecule has 2 atom stereocenters. The van der Waals surface area contributed by atoms with Crippen LogP contribution in [-0.2, 0) is 11.3 Å². The lowest BCUT2D eigenvalue weighted by Gasteiger charge is -2.28. The van der Waals surface area contributed by atoms with Gasteiger partial charge < -0.3 is 9.84 Å². The Morgan fingerprint density at radius 3 is 2.90 bits per heavy atom. The molecule has 2 rings (SSSR count). The first-order valence-corrected chi connectivity index (χ1v) is 7.70. The standard InChI is InChI=1S/C18H23FO2/c1-14-6-2-3-8-18(14)21-13-16-9-10-17(19)12-15(16)7-4-5-11-20/h9-10,12,14,18,20H,2-3,5-6,8,11,13H2,1H3. The molecule has 1 aliphatic rings. The van der Waals surface area contributed by atoms with Crippen molar-refractivity contribution in [3.63, 3.8) is 0 Å². The minimum Gasteiger partial charge on any atom is -0.395 e. The van der Waals surface area contributed by atoms with Gasteiger partial charge >= 0.3 is 0 Å². The number of aliphatic hydroxyl groups excluding tert-OH is 1. The topological polar surface area (TPSA) is 29.5 Å². The number of rotatable bonds is 4. The number of hydrogen-bond donors (Lipinski definition) is 1. The lowest BCUT2D eigenvalue weighted by atomic mass is 9.88. The van der Waals surface area contributed by atoms with E-state index in [1.165, 1.54) is 31.4 Å². The quantitative estimate of drug-likeness (QED) is 0.858. The van der Waals surface area contributed by atoms with Gasteiger partial charge in [0.25, 0.3) is 0 Å². The third-order valence-electron chi connectivity index (χ3n) is 4.02. The van der Waals surface area contributed by atoms with E-state index in [0.29, 0.717) is 30.6 Å². The molecule has 2 nitrogen and oxygen atoms in total. The van der Waals surface area contributed by atoms with Crippen LogP contribution >= 0.6 is 0 Å². The number of hydrogen-bond acceptors (Lipinski definition) is 2. The van der Waals surface area contributed by atoms with Crippen LogP contribution in [0, 0.1) is 23.6 Å². The summed E-state index contributed by atoms with van der Waals surface area (Å²) in [4.78, 5) is 0. The molecule has 0 bridgehead atoms. The summed E-state index contributed by atoms with van der Waals surface area (Å²) in [6, 6.07) is 4.62. The molecule has 1 aromatic rings. The van der Waals surface area contributed by atoms with Crippen LogP contribution in [0.25, 0.3) is 0 Å². The fourth-order valence-corrected chi connectivity index (χ4v) is 2.73. The van der Waals surface area contributed by atoms with Crippen LogP contribution in [0.15, 0.2) is 18.2 Å². The van der Waals surface area contributed by atoms with E-state index >= 15 is 0 Å². The molecule has 1 fully saturated rings. The molecule has 114 valence electrons. The van der Waals surface area contributed by atoms with E-state index in [1.807, 2.05) is 0 Å². The molecule has 2 unspecified atom stereocenters. The van der Waals surface area contributed by atoms with E-state index in [2.05, 4.69) is 18.8 Å². The Morgan fingerprint density at radius 1 is 1.33 bits per heavy atom. The highest BCUT2D eigenvalue weighted by Crippen LogP contribution is 2.27. The molecule has 1 aromatic carbocycles. The SMILES string of the molecule is CC1CCCCC1OCc1ccc(F)cc1C#CCCO. The zero-order chi connectivity index (χ0) is 15.1. The summed E-state index contributed by atoms with van der Waals surface area (Å²) in [7, 11) is 0. The largest absolute Gasteiger partial charge is 0.395 e. The highest BCUT2D eigenvalue weighted by atomic mass is 19.1. The Morgan fingerprint density at radius 2 is 2.14 bits per heavy atom. The van der Waals surface area contributed by atoms with Crippen LogP contribution in [0.3, 0.4) is 0 Å². The summed E-state index contributed by atoms with van der Waals surface area (Å²) in [5.41, 5.74) is 1.58. The second-order valence-electron chi connectivity index (χ2n) is 5.69. The summed E-state index contributed by atoms with van der Waals surface area (Å²) >= 11 is 0. The number of benzene rings is 1. The van der Waals surface area contributed by atoms with Gasteiger partial charge in [-0.25, -0.2) is 4.39 Å². The van der Waals surface area contributed by atoms with Crippen molar-refractivity contribution < 1.29 is 14.2 Å². The van der Waals surface area contributed by atoms with Gasteiger partial charge in [-0.1, -0.05) is 37.7 Å². The first-order chi connectivity index (χ1) is 10.2. The van der Waals surface area contributed by atoms with Crippen LogP contribution in [0.1, 0.15) is 50.2 Å². The molecule has 0 saturated heterocycles. The molecule has 21 heavy (non-hydrogen) atoms. The number of aliphatic hydroxyl groups is 1. The molecular formula is C18H23FO2. The Balaban J connectivity index is 2.03. The van der Waals surface area contributed by atoms with Crippen molar-refractivity contribution in [2.24, 2.45) is 5.92 Å². The van der Waals surface area contributed by atoms with Crippen molar-refractivity contribution in [1.82, 2.24) is 0 Å². The van der Waals surface area contributed by atoms with Gasteiger partial charge in [-0.2, -0.15) is 0 Å². The molecule has 3 heteroatoms. The Bertz CT molecular complexity index is 516. The molecule has 0 spiro atoms. The first kappa shape index (κ1) is 16.0. The molecule has 0 heterocycles. The smallest absolute Gasteiger partial charge is 0.124 e. The van der Waals surface area contributed by atoms with Crippen molar-refractivity contribution in [1.29, 1.82) is 0 Å². The van der Waals surface area contributed by atoms with Gasteiger partial charge in [-0.15, -0.1) is 0 Å². The Hall–Kier alpha value is -1.37. The van der Waals surface area contributed by atoms with E-state index in [1.54, 1.807) is 6.07 Å². The minimum atomic E-state index is -0.293. The zero-order valence-electron chi connectivity index (χ0n) is 12.6. The summed E-state index contributed by atoms with van der Waals surface area (Å²) in [5.74, 6) is 6.06. The average Bonchev–Trinajstić information content (AvgIpc) is 2.48. The summed E-state index contributed by atoms with van der Waals surface area (Å²) in [6.45, 7) is 2.72. The van der Waals surface area contributed by atoms with Crippen molar-refractivity contribution >= 4 is 0 Å². The maximum atomic E-state index is 13.4. The van der Waals surface area contributed by atoms with Gasteiger partial charge in [0.2, 0.25) is 0 Å². The number of ether oxygens (including phenoxy) is 1. The van der Waals surface area contributed by atoms with Gasteiger partial charge in [0.1, 0.15) is 5.82 Å². The van der Waals surface area contributed by atoms with Crippen LogP contribution in [0.4, 0.5) is 4.39 Å². The highest BCUT2D eigenvalue weighted by molar-refractivity contribution is 5.41. The van der Waals surface area contributed by atoms with E-state index in [9.17, 15) is 4.39 Å². The van der Waals surface area contributed by atoms with E-state index in [0.717, 1.165) is 12.0 Å². The minimum absolute atomic E-state index is 0.0216. The monoisotopic (exact) mass is 290 g/mol. The second kappa shape index (κ2) is 8.17. The molecule has 1 saturated carbocycles. The first-order valence-electron chi connectivity index (χ1n) is 7.70. The third-order valence-corrected chi connectivity index (χ3v) is 4.02. The predicted molar refractivity (Wildman–Crippen MR) is 81.2 cm³/mol. The highest BCUT2D eigenvalue weighted by Gasteiger charge is 2.21. The maximum absolute atomic E-state index is 13.4. The summed E-state index contributed by atoms with van der Waals surface area (Å²) < 4.78 is 19.4. The lowest BCUT2D eigenvalue weighted by molar-refractivity contribution is -0.0155. The summed E-state index contributed by atoms with van der Waals surface area (Å²) in [6.07, 6.45) is 5.53. The van der Waals surface area contributed by atoms with Gasteiger partial charge in [0.05, 0.1) is 19.3 Å². The van der Waals surface area contributed by atoms with Crippen LogP contribution < -0.4 is 0 Å². The van der Waals surface area contributed by atoms with Gasteiger partial charge in [-0.3, -0.25) is 0 Å². The molecule has 0 aromatic heterocycles. The molecule has 0 amide bonds. The molecule has 0 aliphatic heterocycles. The van der Waals surface area contributed by atoms with E-state index in [-0.39, 0.29) is 12.4 Å². The van der Waals surface area contributed by atoms with Crippen LogP contribution in [0.5, 0.6) is 0 Å². The van der Waals surface area contributed by atoms with Crippen molar-refractivity contribution in [2.45, 2.75) is 51.7 Å². The van der Waals surface area contributed by atoms with Crippen molar-refractivity contribution in [3.05, 3.63) is 35.1 Å². The van der Waals surface area contributed by atoms with Gasteiger partial charge in [-0.05, 0) is 36.5 Å². The maximum Gasteiger partial charge on any atom is 0.124 e. The van der Waals surface area contributed by atoms with Crippen molar-refractivity contribution in [3.8, 4) is 11.8 Å². The fraction of sp³-hybridized carbons (Fsp3) is 0.556. The number of halogens is 1. The molecular weight excluding hydrogens is 267 g/mol. The zero-order valence-corrected chi connectivity index (χ0v) is 12.6. The fourth-order valence-electron chi connectivity index (χ4n) is 2.73. The molecule has 0 radical (unpaired) electrons. The predicted octanol–water partition coefficient (Wildman–Crippen LogP) is 3.65. The normalized spacial score (nSPS) is 21.7. The Labute approximate surface area is 126 Å². The Kier molecular flexibility index (Phi) is 6.22. The lowest BCUT2D eigenvalue weighted by Crippen LogP contribution is -2.25. The van der Waals surface area contributed by atoms with Gasteiger partial charge in [0, 0.05) is 12.0 Å². The van der Waals surface area contributed by atoms with Crippen LogP contribution in [-0.4, -0.2) is 17.8 Å². The van der Waals surface area contributed by atoms with Crippen molar-refractivity contribution in [2.75, 3.05) is 6.61 Å². The third kappa shape index (κ3) is 4.84. The summed E-state index contributed by atoms with van der Waals surface area (Å²) in [5, 5.41) is 8.77.